The Morgan fingerprint density at radius 2 is 1.40 bits per heavy atom. The highest BCUT2D eigenvalue weighted by Crippen LogP contribution is 2.23. The van der Waals surface area contributed by atoms with Gasteiger partial charge in [0.25, 0.3) is 0 Å². The second-order valence-electron chi connectivity index (χ2n) is 9.77. The largest absolute Gasteiger partial charge is 0.490 e. The SMILES string of the molecule is O=C(O)C(F)(F)F.O=C(O)CC(NC(=O)CNC(=O)CCNC(=O)NC1CCCCC1)c1ccc(-c2ccccc2)cc1. The maximum atomic E-state index is 12.4. The van der Waals surface area contributed by atoms with Gasteiger partial charge in [-0.15, -0.1) is 0 Å². The van der Waals surface area contributed by atoms with Crippen LogP contribution in [0.15, 0.2) is 54.6 Å². The number of hydrogen-bond acceptors (Lipinski definition) is 5. The van der Waals surface area contributed by atoms with E-state index in [0.717, 1.165) is 36.8 Å². The van der Waals surface area contributed by atoms with Gasteiger partial charge in [-0.25, -0.2) is 9.59 Å². The van der Waals surface area contributed by atoms with Crippen molar-refractivity contribution in [3.63, 3.8) is 0 Å². The van der Waals surface area contributed by atoms with E-state index < -0.39 is 30.1 Å². The van der Waals surface area contributed by atoms with E-state index in [1.54, 1.807) is 12.1 Å². The summed E-state index contributed by atoms with van der Waals surface area (Å²) in [5, 5.41) is 27.2. The molecule has 3 rings (SSSR count). The summed E-state index contributed by atoms with van der Waals surface area (Å²) in [6.45, 7) is -0.132. The van der Waals surface area contributed by atoms with Crippen molar-refractivity contribution in [1.82, 2.24) is 21.3 Å². The number of carboxylic acids is 2. The van der Waals surface area contributed by atoms with Crippen LogP contribution >= 0.6 is 0 Å². The Morgan fingerprint density at radius 1 is 0.814 bits per heavy atom. The van der Waals surface area contributed by atoms with E-state index in [9.17, 15) is 37.5 Å². The van der Waals surface area contributed by atoms with Crippen molar-refractivity contribution >= 4 is 29.8 Å². The molecule has 6 N–H and O–H groups in total. The number of hydrogen-bond donors (Lipinski definition) is 6. The molecule has 0 radical (unpaired) electrons. The Morgan fingerprint density at radius 3 is 1.95 bits per heavy atom. The lowest BCUT2D eigenvalue weighted by atomic mass is 9.96. The molecule has 11 nitrogen and oxygen atoms in total. The molecule has 1 aliphatic carbocycles. The molecule has 1 saturated carbocycles. The van der Waals surface area contributed by atoms with E-state index in [-0.39, 0.29) is 43.9 Å². The number of halogens is 3. The Labute approximate surface area is 246 Å². The fourth-order valence-electron chi connectivity index (χ4n) is 4.25. The summed E-state index contributed by atoms with van der Waals surface area (Å²) < 4.78 is 31.7. The molecule has 0 aromatic heterocycles. The lowest BCUT2D eigenvalue weighted by Crippen LogP contribution is -2.44. The molecule has 2 aromatic rings. The first-order chi connectivity index (χ1) is 20.3. The summed E-state index contributed by atoms with van der Waals surface area (Å²) in [5.74, 6) is -4.68. The van der Waals surface area contributed by atoms with Crippen molar-refractivity contribution in [3.8, 4) is 11.1 Å². The third-order valence-electron chi connectivity index (χ3n) is 6.40. The van der Waals surface area contributed by atoms with Crippen molar-refractivity contribution in [2.24, 2.45) is 0 Å². The van der Waals surface area contributed by atoms with Crippen LogP contribution in [0.5, 0.6) is 0 Å². The van der Waals surface area contributed by atoms with Gasteiger partial charge in [0.1, 0.15) is 0 Å². The average Bonchev–Trinajstić information content (AvgIpc) is 2.96. The number of alkyl halides is 3. The smallest absolute Gasteiger partial charge is 0.481 e. The Kier molecular flexibility index (Phi) is 14.0. The molecule has 14 heteroatoms. The van der Waals surface area contributed by atoms with E-state index in [1.165, 1.54) is 6.42 Å². The van der Waals surface area contributed by atoms with Gasteiger partial charge in [0.05, 0.1) is 19.0 Å². The summed E-state index contributed by atoms with van der Waals surface area (Å²) in [7, 11) is 0. The molecule has 1 atom stereocenters. The van der Waals surface area contributed by atoms with E-state index in [2.05, 4.69) is 21.3 Å². The summed E-state index contributed by atoms with van der Waals surface area (Å²) >= 11 is 0. The molecular formula is C29H35F3N4O7. The molecule has 0 heterocycles. The second-order valence-corrected chi connectivity index (χ2v) is 9.77. The van der Waals surface area contributed by atoms with Gasteiger partial charge in [0.2, 0.25) is 11.8 Å². The van der Waals surface area contributed by atoms with Crippen LogP contribution in [0.25, 0.3) is 11.1 Å². The van der Waals surface area contributed by atoms with Gasteiger partial charge in [-0.1, -0.05) is 73.9 Å². The van der Waals surface area contributed by atoms with Gasteiger partial charge in [-0.2, -0.15) is 13.2 Å². The van der Waals surface area contributed by atoms with Crippen LogP contribution in [0.2, 0.25) is 0 Å². The van der Waals surface area contributed by atoms with Crippen LogP contribution in [0.4, 0.5) is 18.0 Å². The maximum absolute atomic E-state index is 12.4. The van der Waals surface area contributed by atoms with E-state index >= 15 is 0 Å². The number of amides is 4. The van der Waals surface area contributed by atoms with Crippen LogP contribution in [0.1, 0.15) is 56.6 Å². The summed E-state index contributed by atoms with van der Waals surface area (Å²) in [5.41, 5.74) is 2.67. The maximum Gasteiger partial charge on any atom is 0.490 e. The molecule has 1 fully saturated rings. The number of rotatable bonds is 11. The highest BCUT2D eigenvalue weighted by molar-refractivity contribution is 5.85. The third-order valence-corrected chi connectivity index (χ3v) is 6.40. The Balaban J connectivity index is 0.000000821. The fraction of sp³-hybridized carbons (Fsp3) is 0.414. The molecule has 2 aromatic carbocycles. The zero-order valence-corrected chi connectivity index (χ0v) is 23.3. The third kappa shape index (κ3) is 13.7. The predicted molar refractivity (Wildman–Crippen MR) is 150 cm³/mol. The van der Waals surface area contributed by atoms with Crippen molar-refractivity contribution in [2.45, 2.75) is 63.2 Å². The zero-order chi connectivity index (χ0) is 31.8. The minimum absolute atomic E-state index is 0.0326. The molecule has 1 aliphatic rings. The summed E-state index contributed by atoms with van der Waals surface area (Å²) in [6.07, 6.45) is 0.0377. The number of urea groups is 1. The minimum Gasteiger partial charge on any atom is -0.481 e. The van der Waals surface area contributed by atoms with Crippen LogP contribution in [0.3, 0.4) is 0 Å². The molecule has 4 amide bonds. The number of carbonyl (C=O) groups is 5. The van der Waals surface area contributed by atoms with Crippen molar-refractivity contribution in [1.29, 1.82) is 0 Å². The molecule has 1 unspecified atom stereocenters. The molecule has 43 heavy (non-hydrogen) atoms. The predicted octanol–water partition coefficient (Wildman–Crippen LogP) is 3.76. The van der Waals surface area contributed by atoms with Crippen LogP contribution < -0.4 is 21.3 Å². The minimum atomic E-state index is -5.08. The average molecular weight is 609 g/mol. The number of nitrogens with one attached hydrogen (secondary N) is 4. The summed E-state index contributed by atoms with van der Waals surface area (Å²) in [6, 6.07) is 16.3. The van der Waals surface area contributed by atoms with Crippen LogP contribution in [-0.4, -0.2) is 65.3 Å². The number of carboxylic acid groups (broad SMARTS) is 2. The summed E-state index contributed by atoms with van der Waals surface area (Å²) in [4.78, 5) is 56.7. The van der Waals surface area contributed by atoms with Gasteiger partial charge in [0.15, 0.2) is 0 Å². The highest BCUT2D eigenvalue weighted by Gasteiger charge is 2.38. The number of benzene rings is 2. The monoisotopic (exact) mass is 608 g/mol. The topological polar surface area (TPSA) is 174 Å². The molecular weight excluding hydrogens is 573 g/mol. The number of carbonyl (C=O) groups excluding carboxylic acids is 3. The van der Waals surface area contributed by atoms with Gasteiger partial charge >= 0.3 is 24.1 Å². The van der Waals surface area contributed by atoms with Gasteiger partial charge < -0.3 is 31.5 Å². The van der Waals surface area contributed by atoms with E-state index in [1.807, 2.05) is 42.5 Å². The first-order valence-corrected chi connectivity index (χ1v) is 13.6. The Hall–Kier alpha value is -4.62. The van der Waals surface area contributed by atoms with Crippen LogP contribution in [0, 0.1) is 0 Å². The standard InChI is InChI=1S/C27H34N4O5.C2HF3O2/c32-24(15-16-28-27(36)30-22-9-5-2-6-10-22)29-18-25(33)31-23(17-26(34)35)21-13-11-20(12-14-21)19-7-3-1-4-8-19;3-2(4,5)1(6)7/h1,3-4,7-8,11-14,22-23H,2,5-6,9-10,15-18H2,(H,29,32)(H,31,33)(H,34,35)(H2,28,30,36);(H,6,7). The zero-order valence-electron chi connectivity index (χ0n) is 23.3. The first kappa shape index (κ1) is 34.6. The molecule has 234 valence electrons. The van der Waals surface area contributed by atoms with Crippen LogP contribution in [-0.2, 0) is 19.2 Å². The second kappa shape index (κ2) is 17.4. The molecule has 0 aliphatic heterocycles. The molecule has 0 spiro atoms. The lowest BCUT2D eigenvalue weighted by molar-refractivity contribution is -0.192. The lowest BCUT2D eigenvalue weighted by Gasteiger charge is -2.22. The van der Waals surface area contributed by atoms with Gasteiger partial charge in [0, 0.05) is 19.0 Å². The van der Waals surface area contributed by atoms with Gasteiger partial charge in [-0.3, -0.25) is 14.4 Å². The number of aliphatic carboxylic acids is 2. The normalized spacial score (nSPS) is 13.8. The molecule has 0 bridgehead atoms. The van der Waals surface area contributed by atoms with Crippen molar-refractivity contribution in [3.05, 3.63) is 60.2 Å². The van der Waals surface area contributed by atoms with Gasteiger partial charge in [-0.05, 0) is 29.5 Å². The fourth-order valence-corrected chi connectivity index (χ4v) is 4.25. The Bertz CT molecular complexity index is 1220. The van der Waals surface area contributed by atoms with Crippen molar-refractivity contribution in [2.75, 3.05) is 13.1 Å². The quantitative estimate of drug-likeness (QED) is 0.225. The first-order valence-electron chi connectivity index (χ1n) is 13.6. The highest BCUT2D eigenvalue weighted by atomic mass is 19.4. The molecule has 0 saturated heterocycles. The van der Waals surface area contributed by atoms with E-state index in [4.69, 9.17) is 9.90 Å². The van der Waals surface area contributed by atoms with Crippen molar-refractivity contribution < 1.29 is 47.4 Å². The van der Waals surface area contributed by atoms with E-state index in [0.29, 0.717) is 5.56 Å².